The van der Waals surface area contributed by atoms with Crippen molar-refractivity contribution in [1.82, 2.24) is 0 Å². The average molecular weight is 248 g/mol. The largest absolute Gasteiger partial charge is 0.389 e. The summed E-state index contributed by atoms with van der Waals surface area (Å²) in [5.41, 5.74) is 0.900. The predicted octanol–water partition coefficient (Wildman–Crippen LogP) is 4.48. The van der Waals surface area contributed by atoms with Crippen molar-refractivity contribution < 1.29 is 5.11 Å². The van der Waals surface area contributed by atoms with Crippen LogP contribution in [0.15, 0.2) is 24.8 Å². The zero-order valence-corrected chi connectivity index (χ0v) is 12.3. The molecular weight excluding hydrogens is 220 g/mol. The number of hydrogen-bond acceptors (Lipinski definition) is 1. The van der Waals surface area contributed by atoms with Gasteiger partial charge in [-0.05, 0) is 43.9 Å². The van der Waals surface area contributed by atoms with E-state index in [9.17, 15) is 5.11 Å². The molecule has 0 unspecified atom stereocenters. The van der Waals surface area contributed by atoms with Gasteiger partial charge >= 0.3 is 0 Å². The van der Waals surface area contributed by atoms with Gasteiger partial charge in [-0.15, -0.1) is 6.58 Å². The summed E-state index contributed by atoms with van der Waals surface area (Å²) in [6.45, 7) is 14.9. The van der Waals surface area contributed by atoms with Crippen molar-refractivity contribution in [3.63, 3.8) is 0 Å². The van der Waals surface area contributed by atoms with Crippen LogP contribution in [0.3, 0.4) is 0 Å². The molecule has 0 amide bonds. The molecule has 18 heavy (non-hydrogen) atoms. The molecule has 0 radical (unpaired) electrons. The Balaban J connectivity index is 2.40. The zero-order chi connectivity index (χ0) is 13.6. The Morgan fingerprint density at radius 1 is 1.33 bits per heavy atom. The van der Waals surface area contributed by atoms with E-state index >= 15 is 0 Å². The van der Waals surface area contributed by atoms with Gasteiger partial charge in [0, 0.05) is 11.3 Å². The standard InChI is InChI=1S/C17H28O/c1-6-9-16(5)11-7-13(2)14-8-10-15(3,4)12-17(14,16)18/h6,14,18H,1-2,7-12H2,3-5H3/t14-,16-,17-/m1/s1. The van der Waals surface area contributed by atoms with Crippen LogP contribution in [0, 0.1) is 16.7 Å². The summed E-state index contributed by atoms with van der Waals surface area (Å²) in [4.78, 5) is 0. The van der Waals surface area contributed by atoms with Crippen LogP contribution in [0.5, 0.6) is 0 Å². The summed E-state index contributed by atoms with van der Waals surface area (Å²) in [5.74, 6) is 0.296. The molecule has 0 aliphatic heterocycles. The van der Waals surface area contributed by atoms with Crippen molar-refractivity contribution in [3.05, 3.63) is 24.8 Å². The third kappa shape index (κ3) is 1.97. The fraction of sp³-hybridized carbons (Fsp3) is 0.765. The Morgan fingerprint density at radius 2 is 2.00 bits per heavy atom. The lowest BCUT2D eigenvalue weighted by Gasteiger charge is -2.59. The third-order valence-electron chi connectivity index (χ3n) is 5.57. The molecule has 0 aromatic rings. The van der Waals surface area contributed by atoms with Gasteiger partial charge in [0.1, 0.15) is 0 Å². The van der Waals surface area contributed by atoms with E-state index < -0.39 is 5.60 Å². The summed E-state index contributed by atoms with van der Waals surface area (Å²) in [6.07, 6.45) is 8.18. The lowest BCUT2D eigenvalue weighted by Crippen LogP contribution is -2.59. The fourth-order valence-electron chi connectivity index (χ4n) is 4.32. The minimum atomic E-state index is -0.585. The summed E-state index contributed by atoms with van der Waals surface area (Å²) in [6, 6.07) is 0. The molecule has 3 atom stereocenters. The summed E-state index contributed by atoms with van der Waals surface area (Å²) in [7, 11) is 0. The Hall–Kier alpha value is -0.560. The van der Waals surface area contributed by atoms with Gasteiger partial charge in [0.05, 0.1) is 5.60 Å². The van der Waals surface area contributed by atoms with Crippen molar-refractivity contribution in [3.8, 4) is 0 Å². The van der Waals surface area contributed by atoms with E-state index in [2.05, 4.69) is 33.9 Å². The molecule has 102 valence electrons. The first kappa shape index (κ1) is 13.9. The van der Waals surface area contributed by atoms with Crippen LogP contribution in [0.25, 0.3) is 0 Å². The second-order valence-electron chi connectivity index (χ2n) is 7.57. The monoisotopic (exact) mass is 248 g/mol. The maximum Gasteiger partial charge on any atom is 0.0774 e. The molecule has 1 heteroatoms. The number of aliphatic hydroxyl groups is 1. The molecule has 2 rings (SSSR count). The maximum atomic E-state index is 11.4. The highest BCUT2D eigenvalue weighted by atomic mass is 16.3. The van der Waals surface area contributed by atoms with E-state index in [1.165, 1.54) is 12.0 Å². The average Bonchev–Trinajstić information content (AvgIpc) is 2.23. The van der Waals surface area contributed by atoms with Crippen molar-refractivity contribution in [2.75, 3.05) is 0 Å². The smallest absolute Gasteiger partial charge is 0.0774 e. The van der Waals surface area contributed by atoms with Crippen LogP contribution in [0.1, 0.15) is 59.3 Å². The van der Waals surface area contributed by atoms with Gasteiger partial charge in [0.15, 0.2) is 0 Å². The molecule has 0 aromatic heterocycles. The van der Waals surface area contributed by atoms with Gasteiger partial charge in [-0.1, -0.05) is 39.0 Å². The Morgan fingerprint density at radius 3 is 2.61 bits per heavy atom. The van der Waals surface area contributed by atoms with E-state index in [1.807, 2.05) is 6.08 Å². The lowest BCUT2D eigenvalue weighted by molar-refractivity contribution is -0.170. The van der Waals surface area contributed by atoms with Crippen LogP contribution in [0.4, 0.5) is 0 Å². The number of hydrogen-bond donors (Lipinski definition) is 1. The van der Waals surface area contributed by atoms with Crippen LogP contribution >= 0.6 is 0 Å². The molecule has 0 heterocycles. The SMILES string of the molecule is C=CC[C@]1(C)CCC(=C)[C@H]2CCC(C)(C)C[C@@]21O. The van der Waals surface area contributed by atoms with Crippen molar-refractivity contribution in [2.45, 2.75) is 64.9 Å². The Bertz CT molecular complexity index is 368. The molecule has 1 nitrogen and oxygen atoms in total. The van der Waals surface area contributed by atoms with Crippen LogP contribution in [-0.4, -0.2) is 10.7 Å². The van der Waals surface area contributed by atoms with Crippen LogP contribution in [0.2, 0.25) is 0 Å². The Labute approximate surface area is 112 Å². The van der Waals surface area contributed by atoms with Gasteiger partial charge in [0.25, 0.3) is 0 Å². The van der Waals surface area contributed by atoms with Crippen molar-refractivity contribution >= 4 is 0 Å². The zero-order valence-electron chi connectivity index (χ0n) is 12.3. The lowest BCUT2D eigenvalue weighted by atomic mass is 9.49. The summed E-state index contributed by atoms with van der Waals surface area (Å²) < 4.78 is 0. The molecule has 1 N–H and O–H groups in total. The van der Waals surface area contributed by atoms with Gasteiger partial charge < -0.3 is 5.11 Å². The second kappa shape index (κ2) is 4.23. The topological polar surface area (TPSA) is 20.2 Å². The molecule has 0 saturated heterocycles. The normalized spacial score (nSPS) is 43.3. The quantitative estimate of drug-likeness (QED) is 0.715. The third-order valence-corrected chi connectivity index (χ3v) is 5.57. The van der Waals surface area contributed by atoms with Gasteiger partial charge in [-0.2, -0.15) is 0 Å². The summed E-state index contributed by atoms with van der Waals surface area (Å²) >= 11 is 0. The molecule has 2 saturated carbocycles. The van der Waals surface area contributed by atoms with Crippen LogP contribution < -0.4 is 0 Å². The first-order valence-electron chi connectivity index (χ1n) is 7.25. The van der Waals surface area contributed by atoms with Crippen LogP contribution in [-0.2, 0) is 0 Å². The molecular formula is C17H28O. The van der Waals surface area contributed by atoms with Gasteiger partial charge in [-0.25, -0.2) is 0 Å². The fourth-order valence-corrected chi connectivity index (χ4v) is 4.32. The molecule has 2 fully saturated rings. The van der Waals surface area contributed by atoms with Gasteiger partial charge in [-0.3, -0.25) is 0 Å². The molecule has 2 aliphatic rings. The highest BCUT2D eigenvalue weighted by Crippen LogP contribution is 2.60. The number of allylic oxidation sites excluding steroid dienone is 1. The molecule has 0 spiro atoms. The molecule has 2 aliphatic carbocycles. The number of fused-ring (bicyclic) bond motifs is 1. The van der Waals surface area contributed by atoms with Gasteiger partial charge in [0.2, 0.25) is 0 Å². The predicted molar refractivity (Wildman–Crippen MR) is 77.4 cm³/mol. The minimum Gasteiger partial charge on any atom is -0.389 e. The van der Waals surface area contributed by atoms with E-state index in [1.54, 1.807) is 0 Å². The first-order chi connectivity index (χ1) is 8.24. The van der Waals surface area contributed by atoms with E-state index in [-0.39, 0.29) is 10.8 Å². The summed E-state index contributed by atoms with van der Waals surface area (Å²) in [5, 5.41) is 11.4. The van der Waals surface area contributed by atoms with Crippen molar-refractivity contribution in [2.24, 2.45) is 16.7 Å². The molecule has 0 aromatic carbocycles. The van der Waals surface area contributed by atoms with E-state index in [0.717, 1.165) is 32.1 Å². The highest BCUT2D eigenvalue weighted by molar-refractivity contribution is 5.21. The minimum absolute atomic E-state index is 0.0295. The van der Waals surface area contributed by atoms with E-state index in [4.69, 9.17) is 0 Å². The second-order valence-corrected chi connectivity index (χ2v) is 7.57. The highest BCUT2D eigenvalue weighted by Gasteiger charge is 2.58. The number of rotatable bonds is 2. The van der Waals surface area contributed by atoms with Crippen molar-refractivity contribution in [1.29, 1.82) is 0 Å². The maximum absolute atomic E-state index is 11.4. The van der Waals surface area contributed by atoms with E-state index in [0.29, 0.717) is 5.92 Å². The Kier molecular flexibility index (Phi) is 3.26. The molecule has 0 bridgehead atoms. The first-order valence-corrected chi connectivity index (χ1v) is 7.25.